The van der Waals surface area contributed by atoms with E-state index in [1.54, 1.807) is 7.11 Å². The minimum absolute atomic E-state index is 0.730. The van der Waals surface area contributed by atoms with Crippen molar-refractivity contribution >= 4 is 0 Å². The van der Waals surface area contributed by atoms with Gasteiger partial charge in [-0.15, -0.1) is 12.8 Å². The molecule has 0 spiro atoms. The smallest absolute Gasteiger partial charge is 0.0928 e. The molecule has 0 saturated heterocycles. The first-order valence-corrected chi connectivity index (χ1v) is 5.56. The minimum atomic E-state index is 0.730. The summed E-state index contributed by atoms with van der Waals surface area (Å²) in [5, 5.41) is 0. The van der Waals surface area contributed by atoms with Crippen LogP contribution in [0.25, 0.3) is 0 Å². The van der Waals surface area contributed by atoms with E-state index in [4.69, 9.17) is 9.47 Å². The Hall–Kier alpha value is -1.20. The molecule has 0 N–H and O–H groups in total. The molecule has 94 valence electrons. The van der Waals surface area contributed by atoms with E-state index in [1.165, 1.54) is 0 Å². The molecule has 0 aliphatic carbocycles. The molecule has 0 heterocycles. The standard InChI is InChI=1S/C10H18O2.C2H6.C2H2/c1-4-5-7-10(2)12-9-6-8-11-3;2*1-2/h4-5,7H,6,8-9H2,1-3H3;1-2H3;1-2H/b5-4-,10-7+;;. The van der Waals surface area contributed by atoms with Crippen LogP contribution < -0.4 is 0 Å². The van der Waals surface area contributed by atoms with Crippen LogP contribution in [-0.2, 0) is 9.47 Å². The normalized spacial score (nSPS) is 9.81. The number of ether oxygens (including phenoxy) is 2. The summed E-state index contributed by atoms with van der Waals surface area (Å²) in [6, 6.07) is 0. The molecule has 0 saturated carbocycles. The van der Waals surface area contributed by atoms with Gasteiger partial charge in [-0.1, -0.05) is 26.0 Å². The van der Waals surface area contributed by atoms with E-state index in [2.05, 4.69) is 12.8 Å². The fourth-order valence-corrected chi connectivity index (χ4v) is 0.716. The molecule has 2 nitrogen and oxygen atoms in total. The van der Waals surface area contributed by atoms with Crippen LogP contribution in [0.5, 0.6) is 0 Å². The van der Waals surface area contributed by atoms with Crippen molar-refractivity contribution in [2.45, 2.75) is 34.1 Å². The van der Waals surface area contributed by atoms with Gasteiger partial charge >= 0.3 is 0 Å². The van der Waals surface area contributed by atoms with Crippen LogP contribution in [0.2, 0.25) is 0 Å². The third-order valence-electron chi connectivity index (χ3n) is 1.35. The molecule has 2 heteroatoms. The zero-order valence-electron chi connectivity index (χ0n) is 11.3. The Morgan fingerprint density at radius 3 is 2.19 bits per heavy atom. The summed E-state index contributed by atoms with van der Waals surface area (Å²) in [5.74, 6) is 0.948. The van der Waals surface area contributed by atoms with Gasteiger partial charge in [-0.25, -0.2) is 0 Å². The van der Waals surface area contributed by atoms with E-state index in [0.717, 1.165) is 25.4 Å². The first kappa shape index (κ1) is 20.2. The molecule has 0 aliphatic heterocycles. The van der Waals surface area contributed by atoms with Crippen LogP contribution in [0.1, 0.15) is 34.1 Å². The van der Waals surface area contributed by atoms with Crippen LogP contribution in [0, 0.1) is 12.8 Å². The average Bonchev–Trinajstić information content (AvgIpc) is 2.37. The maximum Gasteiger partial charge on any atom is 0.0928 e. The molecule has 16 heavy (non-hydrogen) atoms. The SMILES string of the molecule is C#C.C/C=C\C=C(/C)OCCCOC.CC. The zero-order valence-corrected chi connectivity index (χ0v) is 11.3. The van der Waals surface area contributed by atoms with Crippen LogP contribution >= 0.6 is 0 Å². The number of hydrogen-bond donors (Lipinski definition) is 0. The molecule has 0 aliphatic rings. The van der Waals surface area contributed by atoms with Gasteiger partial charge in [0.1, 0.15) is 0 Å². The van der Waals surface area contributed by atoms with Gasteiger partial charge < -0.3 is 9.47 Å². The Bertz CT molecular complexity index is 178. The molecular formula is C14H26O2. The lowest BCUT2D eigenvalue weighted by atomic mass is 10.4. The highest BCUT2D eigenvalue weighted by Crippen LogP contribution is 1.97. The van der Waals surface area contributed by atoms with Crippen LogP contribution in [0.4, 0.5) is 0 Å². The molecule has 0 amide bonds. The Labute approximate surface area is 101 Å². The molecule has 0 aromatic carbocycles. The lowest BCUT2D eigenvalue weighted by molar-refractivity contribution is 0.145. The highest BCUT2D eigenvalue weighted by molar-refractivity contribution is 5.04. The van der Waals surface area contributed by atoms with Gasteiger partial charge in [0, 0.05) is 20.1 Å². The number of methoxy groups -OCH3 is 1. The molecule has 0 bridgehead atoms. The quantitative estimate of drug-likeness (QED) is 0.297. The van der Waals surface area contributed by atoms with Crippen LogP contribution in [-0.4, -0.2) is 20.3 Å². The lowest BCUT2D eigenvalue weighted by Gasteiger charge is -2.04. The summed E-state index contributed by atoms with van der Waals surface area (Å²) in [6.45, 7) is 9.42. The number of hydrogen-bond acceptors (Lipinski definition) is 2. The average molecular weight is 226 g/mol. The summed E-state index contributed by atoms with van der Waals surface area (Å²) in [5.41, 5.74) is 0. The van der Waals surface area contributed by atoms with Crippen molar-refractivity contribution in [1.29, 1.82) is 0 Å². The van der Waals surface area contributed by atoms with Crippen LogP contribution in [0.3, 0.4) is 0 Å². The summed E-state index contributed by atoms with van der Waals surface area (Å²) in [7, 11) is 1.70. The molecule has 0 rings (SSSR count). The highest BCUT2D eigenvalue weighted by atomic mass is 16.5. The Balaban J connectivity index is -0.000000376. The molecule has 0 aromatic heterocycles. The zero-order chi connectivity index (χ0) is 13.2. The first-order valence-electron chi connectivity index (χ1n) is 5.56. The molecule has 0 unspecified atom stereocenters. The summed E-state index contributed by atoms with van der Waals surface area (Å²) < 4.78 is 10.3. The number of rotatable bonds is 6. The Morgan fingerprint density at radius 1 is 1.19 bits per heavy atom. The van der Waals surface area contributed by atoms with Gasteiger partial charge in [0.15, 0.2) is 0 Å². The second-order valence-corrected chi connectivity index (χ2v) is 2.50. The van der Waals surface area contributed by atoms with Crippen molar-refractivity contribution in [1.82, 2.24) is 0 Å². The third kappa shape index (κ3) is 23.0. The summed E-state index contributed by atoms with van der Waals surface area (Å²) >= 11 is 0. The summed E-state index contributed by atoms with van der Waals surface area (Å²) in [4.78, 5) is 0. The molecule has 0 atom stereocenters. The van der Waals surface area contributed by atoms with Crippen molar-refractivity contribution in [2.75, 3.05) is 20.3 Å². The van der Waals surface area contributed by atoms with Gasteiger partial charge in [0.05, 0.1) is 12.4 Å². The van der Waals surface area contributed by atoms with E-state index >= 15 is 0 Å². The first-order chi connectivity index (χ1) is 7.81. The Kier molecular flexibility index (Phi) is 29.8. The predicted octanol–water partition coefficient (Wildman–Crippen LogP) is 3.80. The van der Waals surface area contributed by atoms with E-state index < -0.39 is 0 Å². The molecule has 0 fully saturated rings. The molecule has 0 aromatic rings. The lowest BCUT2D eigenvalue weighted by Crippen LogP contribution is -1.97. The van der Waals surface area contributed by atoms with Gasteiger partial charge in [-0.2, -0.15) is 0 Å². The second-order valence-electron chi connectivity index (χ2n) is 2.50. The van der Waals surface area contributed by atoms with Gasteiger partial charge in [0.25, 0.3) is 0 Å². The second kappa shape index (κ2) is 23.5. The van der Waals surface area contributed by atoms with E-state index in [9.17, 15) is 0 Å². The third-order valence-corrected chi connectivity index (χ3v) is 1.35. The van der Waals surface area contributed by atoms with Crippen molar-refractivity contribution in [3.05, 3.63) is 24.0 Å². The van der Waals surface area contributed by atoms with Gasteiger partial charge in [-0.05, 0) is 19.9 Å². The number of terminal acetylenes is 1. The predicted molar refractivity (Wildman–Crippen MR) is 72.3 cm³/mol. The largest absolute Gasteiger partial charge is 0.498 e. The molecular weight excluding hydrogens is 200 g/mol. The van der Waals surface area contributed by atoms with Crippen molar-refractivity contribution < 1.29 is 9.47 Å². The van der Waals surface area contributed by atoms with Crippen molar-refractivity contribution in [3.63, 3.8) is 0 Å². The fourth-order valence-electron chi connectivity index (χ4n) is 0.716. The minimum Gasteiger partial charge on any atom is -0.498 e. The monoisotopic (exact) mass is 226 g/mol. The summed E-state index contributed by atoms with van der Waals surface area (Å²) in [6.07, 6.45) is 14.8. The molecule has 0 radical (unpaired) electrons. The van der Waals surface area contributed by atoms with Crippen molar-refractivity contribution in [3.8, 4) is 12.8 Å². The topological polar surface area (TPSA) is 18.5 Å². The highest BCUT2D eigenvalue weighted by Gasteiger charge is 1.88. The van der Waals surface area contributed by atoms with E-state index in [-0.39, 0.29) is 0 Å². The maximum atomic E-state index is 5.38. The Morgan fingerprint density at radius 2 is 1.75 bits per heavy atom. The van der Waals surface area contributed by atoms with Crippen LogP contribution in [0.15, 0.2) is 24.0 Å². The van der Waals surface area contributed by atoms with E-state index in [1.807, 2.05) is 45.9 Å². The van der Waals surface area contributed by atoms with E-state index in [0.29, 0.717) is 0 Å². The maximum absolute atomic E-state index is 5.38. The fraction of sp³-hybridized carbons (Fsp3) is 0.571. The number of allylic oxidation sites excluding steroid dienone is 4. The van der Waals surface area contributed by atoms with Gasteiger partial charge in [-0.3, -0.25) is 0 Å². The van der Waals surface area contributed by atoms with Gasteiger partial charge in [0.2, 0.25) is 0 Å². The van der Waals surface area contributed by atoms with Crippen molar-refractivity contribution in [2.24, 2.45) is 0 Å².